The molecule has 3 rings (SSSR count). The predicted molar refractivity (Wildman–Crippen MR) is 107 cm³/mol. The first-order chi connectivity index (χ1) is 13.7. The lowest BCUT2D eigenvalue weighted by molar-refractivity contribution is 0.0956. The minimum absolute atomic E-state index is 0.350. The highest BCUT2D eigenvalue weighted by atomic mass is 16.5. The van der Waals surface area contributed by atoms with Crippen LogP contribution in [-0.4, -0.2) is 17.7 Å². The minimum Gasteiger partial charge on any atom is -0.487 e. The Kier molecular flexibility index (Phi) is 6.83. The Morgan fingerprint density at radius 3 is 2.54 bits per heavy atom. The highest BCUT2D eigenvalue weighted by Gasteiger charge is 2.12. The first kappa shape index (κ1) is 19.7. The molecule has 1 heterocycles. The van der Waals surface area contributed by atoms with E-state index < -0.39 is 0 Å². The number of nitriles is 1. The van der Waals surface area contributed by atoms with Crippen LogP contribution in [0.2, 0.25) is 0 Å². The lowest BCUT2D eigenvalue weighted by Crippen LogP contribution is -2.11. The molecule has 0 fully saturated rings. The van der Waals surface area contributed by atoms with E-state index in [-0.39, 0.29) is 6.10 Å². The molecule has 1 aromatic heterocycles. The van der Waals surface area contributed by atoms with Crippen molar-refractivity contribution in [1.82, 2.24) is 4.98 Å². The van der Waals surface area contributed by atoms with Crippen LogP contribution in [-0.2, 0) is 17.8 Å². The second kappa shape index (κ2) is 9.72. The van der Waals surface area contributed by atoms with E-state index in [0.717, 1.165) is 34.8 Å². The third kappa shape index (κ3) is 5.21. The van der Waals surface area contributed by atoms with Crippen LogP contribution in [0.1, 0.15) is 30.4 Å². The Bertz CT molecular complexity index is 911. The number of ether oxygens (including phenoxy) is 2. The zero-order chi connectivity index (χ0) is 19.8. The Hall–Kier alpha value is -3.10. The van der Waals surface area contributed by atoms with Gasteiger partial charge in [0.15, 0.2) is 0 Å². The van der Waals surface area contributed by atoms with Crippen molar-refractivity contribution in [2.24, 2.45) is 0 Å². The van der Waals surface area contributed by atoms with Gasteiger partial charge in [0, 0.05) is 12.2 Å². The van der Waals surface area contributed by atoms with Crippen LogP contribution in [0.3, 0.4) is 0 Å². The molecule has 0 saturated heterocycles. The van der Waals surface area contributed by atoms with Crippen molar-refractivity contribution in [3.8, 4) is 23.3 Å². The molecule has 0 amide bonds. The van der Waals surface area contributed by atoms with Gasteiger partial charge < -0.3 is 13.9 Å². The first-order valence-corrected chi connectivity index (χ1v) is 9.44. The standard InChI is InChI=1S/C23H24N2O3/c1-3-26-21(15-24)14-11-18-9-12-20(13-10-18)27-16-22-17(2)28-23(25-22)19-7-5-4-6-8-19/h4-10,12-13,21H,3,11,14,16H2,1-2H3. The normalized spacial score (nSPS) is 11.8. The summed E-state index contributed by atoms with van der Waals surface area (Å²) in [6.45, 7) is 4.70. The van der Waals surface area contributed by atoms with Crippen molar-refractivity contribution in [2.75, 3.05) is 6.61 Å². The van der Waals surface area contributed by atoms with Gasteiger partial charge in [0.25, 0.3) is 0 Å². The van der Waals surface area contributed by atoms with E-state index in [2.05, 4.69) is 11.1 Å². The van der Waals surface area contributed by atoms with Gasteiger partial charge in [-0.25, -0.2) is 4.98 Å². The summed E-state index contributed by atoms with van der Waals surface area (Å²) in [7, 11) is 0. The molecular formula is C23H24N2O3. The van der Waals surface area contributed by atoms with Crippen molar-refractivity contribution < 1.29 is 13.9 Å². The monoisotopic (exact) mass is 376 g/mol. The molecule has 0 aliphatic heterocycles. The molecule has 144 valence electrons. The molecule has 5 heteroatoms. The molecule has 3 aromatic rings. The predicted octanol–water partition coefficient (Wildman–Crippen LogP) is 5.09. The smallest absolute Gasteiger partial charge is 0.226 e. The van der Waals surface area contributed by atoms with E-state index in [1.54, 1.807) is 0 Å². The van der Waals surface area contributed by atoms with E-state index >= 15 is 0 Å². The van der Waals surface area contributed by atoms with E-state index in [4.69, 9.17) is 19.2 Å². The molecule has 0 aliphatic rings. The summed E-state index contributed by atoms with van der Waals surface area (Å²) in [6, 6.07) is 19.9. The molecule has 0 aliphatic carbocycles. The summed E-state index contributed by atoms with van der Waals surface area (Å²) in [4.78, 5) is 4.55. The number of nitrogens with zero attached hydrogens (tertiary/aromatic N) is 2. The fourth-order valence-corrected chi connectivity index (χ4v) is 2.85. The van der Waals surface area contributed by atoms with Gasteiger partial charge in [-0.3, -0.25) is 0 Å². The van der Waals surface area contributed by atoms with Crippen molar-refractivity contribution in [3.63, 3.8) is 0 Å². The Balaban J connectivity index is 1.55. The van der Waals surface area contributed by atoms with Gasteiger partial charge >= 0.3 is 0 Å². The maximum atomic E-state index is 9.05. The van der Waals surface area contributed by atoms with E-state index in [1.807, 2.05) is 68.4 Å². The molecule has 2 aromatic carbocycles. The van der Waals surface area contributed by atoms with Crippen LogP contribution in [0.15, 0.2) is 59.0 Å². The Morgan fingerprint density at radius 1 is 1.11 bits per heavy atom. The number of aryl methyl sites for hydroxylation is 2. The number of aromatic nitrogens is 1. The molecule has 0 bridgehead atoms. The molecule has 0 spiro atoms. The SMILES string of the molecule is CCOC(C#N)CCc1ccc(OCc2nc(-c3ccccc3)oc2C)cc1. The van der Waals surface area contributed by atoms with Gasteiger partial charge in [-0.15, -0.1) is 0 Å². The summed E-state index contributed by atoms with van der Waals surface area (Å²) in [5.41, 5.74) is 2.89. The minimum atomic E-state index is -0.352. The quantitative estimate of drug-likeness (QED) is 0.520. The van der Waals surface area contributed by atoms with Gasteiger partial charge in [0.1, 0.15) is 29.9 Å². The summed E-state index contributed by atoms with van der Waals surface area (Å²) in [5.74, 6) is 2.14. The first-order valence-electron chi connectivity index (χ1n) is 9.44. The fraction of sp³-hybridized carbons (Fsp3) is 0.304. The Morgan fingerprint density at radius 2 is 1.86 bits per heavy atom. The molecule has 28 heavy (non-hydrogen) atoms. The zero-order valence-electron chi connectivity index (χ0n) is 16.2. The third-order valence-electron chi connectivity index (χ3n) is 4.42. The molecule has 0 N–H and O–H groups in total. The zero-order valence-corrected chi connectivity index (χ0v) is 16.2. The molecule has 0 radical (unpaired) electrons. The van der Waals surface area contributed by atoms with Crippen LogP contribution in [0.4, 0.5) is 0 Å². The lowest BCUT2D eigenvalue weighted by atomic mass is 10.1. The highest BCUT2D eigenvalue weighted by molar-refractivity contribution is 5.53. The van der Waals surface area contributed by atoms with Crippen LogP contribution >= 0.6 is 0 Å². The summed E-state index contributed by atoms with van der Waals surface area (Å²) in [5, 5.41) is 9.05. The summed E-state index contributed by atoms with van der Waals surface area (Å²) >= 11 is 0. The van der Waals surface area contributed by atoms with Gasteiger partial charge in [-0.1, -0.05) is 30.3 Å². The molecule has 0 saturated carbocycles. The third-order valence-corrected chi connectivity index (χ3v) is 4.42. The number of oxazole rings is 1. The lowest BCUT2D eigenvalue weighted by Gasteiger charge is -2.09. The molecule has 1 atom stereocenters. The number of benzene rings is 2. The maximum Gasteiger partial charge on any atom is 0.226 e. The average Bonchev–Trinajstić information content (AvgIpc) is 3.11. The van der Waals surface area contributed by atoms with E-state index in [9.17, 15) is 0 Å². The van der Waals surface area contributed by atoms with Crippen molar-refractivity contribution >= 4 is 0 Å². The van der Waals surface area contributed by atoms with Crippen molar-refractivity contribution in [1.29, 1.82) is 5.26 Å². The summed E-state index contributed by atoms with van der Waals surface area (Å²) < 4.78 is 17.0. The van der Waals surface area contributed by atoms with Crippen LogP contribution in [0.5, 0.6) is 5.75 Å². The number of hydrogen-bond acceptors (Lipinski definition) is 5. The number of rotatable bonds is 9. The van der Waals surface area contributed by atoms with Crippen LogP contribution in [0, 0.1) is 18.3 Å². The maximum absolute atomic E-state index is 9.05. The van der Waals surface area contributed by atoms with E-state index in [1.165, 1.54) is 0 Å². The highest BCUT2D eigenvalue weighted by Crippen LogP contribution is 2.23. The van der Waals surface area contributed by atoms with Crippen molar-refractivity contribution in [3.05, 3.63) is 71.6 Å². The van der Waals surface area contributed by atoms with Crippen molar-refractivity contribution in [2.45, 2.75) is 39.4 Å². The topological polar surface area (TPSA) is 68.3 Å². The second-order valence-corrected chi connectivity index (χ2v) is 6.43. The van der Waals surface area contributed by atoms with Crippen LogP contribution < -0.4 is 4.74 Å². The second-order valence-electron chi connectivity index (χ2n) is 6.43. The van der Waals surface area contributed by atoms with Gasteiger partial charge in [0.05, 0.1) is 6.07 Å². The average molecular weight is 376 g/mol. The molecule has 1 unspecified atom stereocenters. The molecular weight excluding hydrogens is 352 g/mol. The number of hydrogen-bond donors (Lipinski definition) is 0. The van der Waals surface area contributed by atoms with Gasteiger partial charge in [0.2, 0.25) is 5.89 Å². The van der Waals surface area contributed by atoms with E-state index in [0.29, 0.717) is 25.5 Å². The van der Waals surface area contributed by atoms with Gasteiger partial charge in [-0.2, -0.15) is 5.26 Å². The Labute approximate surface area is 165 Å². The van der Waals surface area contributed by atoms with Crippen LogP contribution in [0.25, 0.3) is 11.5 Å². The summed E-state index contributed by atoms with van der Waals surface area (Å²) in [6.07, 6.45) is 1.13. The fourth-order valence-electron chi connectivity index (χ4n) is 2.85. The van der Waals surface area contributed by atoms with Gasteiger partial charge in [-0.05, 0) is 56.5 Å². The molecule has 5 nitrogen and oxygen atoms in total. The largest absolute Gasteiger partial charge is 0.487 e.